The Hall–Kier alpha value is -1.29. The predicted molar refractivity (Wildman–Crippen MR) is 63.4 cm³/mol. The molecule has 0 aromatic carbocycles. The van der Waals surface area contributed by atoms with Crippen molar-refractivity contribution >= 4 is 6.03 Å². The second-order valence-electron chi connectivity index (χ2n) is 5.37. The van der Waals surface area contributed by atoms with Crippen LogP contribution < -0.4 is 11.1 Å². The summed E-state index contributed by atoms with van der Waals surface area (Å²) in [4.78, 5) is 12.4. The molecule has 0 saturated carbocycles. The van der Waals surface area contributed by atoms with Crippen LogP contribution in [0.25, 0.3) is 0 Å². The topological polar surface area (TPSA) is 108 Å². The Morgan fingerprint density at radius 2 is 2.15 bits per heavy atom. The number of ether oxygens (including phenoxy) is 1. The van der Waals surface area contributed by atoms with Crippen molar-refractivity contribution < 1.29 is 28.5 Å². The molecule has 0 aliphatic carbocycles. The molecule has 1 saturated heterocycles. The molecule has 2 aliphatic heterocycles. The number of hydrogen-bond donors (Lipinski definition) is 4. The van der Waals surface area contributed by atoms with Gasteiger partial charge >= 0.3 is 12.0 Å². The zero-order valence-corrected chi connectivity index (χ0v) is 11.0. The quantitative estimate of drug-likeness (QED) is 0.538. The van der Waals surface area contributed by atoms with E-state index >= 15 is 0 Å². The summed E-state index contributed by atoms with van der Waals surface area (Å²) in [5.74, 6) is -3.76. The summed E-state index contributed by atoms with van der Waals surface area (Å²) in [5.41, 5.74) is 1.89. The highest BCUT2D eigenvalue weighted by molar-refractivity contribution is 5.78. The van der Waals surface area contributed by atoms with E-state index in [1.807, 2.05) is 0 Å². The zero-order chi connectivity index (χ0) is 15.3. The van der Waals surface area contributed by atoms with Gasteiger partial charge in [-0.3, -0.25) is 4.90 Å². The second kappa shape index (κ2) is 4.35. The number of aliphatic hydroxyl groups is 2. The Kier molecular flexibility index (Phi) is 3.29. The summed E-state index contributed by atoms with van der Waals surface area (Å²) in [5, 5.41) is 21.2. The summed E-state index contributed by atoms with van der Waals surface area (Å²) in [6.07, 6.45) is -1.14. The average molecular weight is 293 g/mol. The first-order valence-electron chi connectivity index (χ1n) is 5.98. The minimum absolute atomic E-state index is 0.610. The molecule has 0 aromatic rings. The van der Waals surface area contributed by atoms with Crippen LogP contribution in [0.2, 0.25) is 0 Å². The maximum Gasteiger partial charge on any atom is 0.325 e. The van der Waals surface area contributed by atoms with E-state index in [0.717, 1.165) is 13.1 Å². The van der Waals surface area contributed by atoms with Crippen LogP contribution in [0.3, 0.4) is 0 Å². The number of rotatable bonds is 2. The molecule has 1 fully saturated rings. The number of nitrogens with two attached hydrogens (primary N) is 1. The standard InChI is InChI=1S/C11H17F2N3O4/c1-9(14)3-4-16(8(18)15-9)7-11(12,13)10(2,19)6(5-17)20-7/h3-4,6-7,17,19H,5,14H2,1-2H3,(H,15,18)/t6?,7-,9?,10?/m1/s1. The third-order valence-electron chi connectivity index (χ3n) is 3.52. The van der Waals surface area contributed by atoms with Crippen LogP contribution in [-0.2, 0) is 4.74 Å². The number of carbonyl (C=O) groups is 1. The number of hydrogen-bond acceptors (Lipinski definition) is 5. The number of halogens is 2. The van der Waals surface area contributed by atoms with Gasteiger partial charge in [0.05, 0.1) is 6.61 Å². The predicted octanol–water partition coefficient (Wildman–Crippen LogP) is -0.696. The molecule has 2 rings (SSSR count). The molecule has 3 unspecified atom stereocenters. The molecule has 0 radical (unpaired) electrons. The van der Waals surface area contributed by atoms with Gasteiger partial charge in [-0.15, -0.1) is 0 Å². The van der Waals surface area contributed by atoms with Gasteiger partial charge in [0, 0.05) is 6.20 Å². The maximum absolute atomic E-state index is 14.2. The van der Waals surface area contributed by atoms with Gasteiger partial charge in [-0.2, -0.15) is 8.78 Å². The molecule has 4 atom stereocenters. The maximum atomic E-state index is 14.2. The lowest BCUT2D eigenvalue weighted by Crippen LogP contribution is -2.63. The first kappa shape index (κ1) is 15.1. The van der Waals surface area contributed by atoms with Crippen LogP contribution in [-0.4, -0.2) is 57.3 Å². The van der Waals surface area contributed by atoms with E-state index < -0.39 is 42.2 Å². The van der Waals surface area contributed by atoms with E-state index in [4.69, 9.17) is 15.6 Å². The molecular formula is C11H17F2N3O4. The molecule has 114 valence electrons. The second-order valence-corrected chi connectivity index (χ2v) is 5.37. The summed E-state index contributed by atoms with van der Waals surface area (Å²) < 4.78 is 33.3. The molecule has 0 spiro atoms. The minimum Gasteiger partial charge on any atom is -0.394 e. The van der Waals surface area contributed by atoms with Gasteiger partial charge in [-0.1, -0.05) is 0 Å². The van der Waals surface area contributed by atoms with Gasteiger partial charge in [0.25, 0.3) is 0 Å². The van der Waals surface area contributed by atoms with Crippen LogP contribution in [0.5, 0.6) is 0 Å². The first-order chi connectivity index (χ1) is 9.03. The number of nitrogens with zero attached hydrogens (tertiary/aromatic N) is 1. The van der Waals surface area contributed by atoms with E-state index in [1.54, 1.807) is 0 Å². The normalized spacial score (nSPS) is 43.8. The van der Waals surface area contributed by atoms with Crippen molar-refractivity contribution in [2.24, 2.45) is 5.73 Å². The van der Waals surface area contributed by atoms with Gasteiger partial charge in [0.2, 0.25) is 6.23 Å². The molecule has 2 aliphatic rings. The molecule has 7 nitrogen and oxygen atoms in total. The number of urea groups is 1. The van der Waals surface area contributed by atoms with E-state index in [-0.39, 0.29) is 0 Å². The van der Waals surface area contributed by atoms with Crippen LogP contribution in [0.15, 0.2) is 12.3 Å². The van der Waals surface area contributed by atoms with Gasteiger partial charge in [0.15, 0.2) is 5.60 Å². The van der Waals surface area contributed by atoms with Crippen molar-refractivity contribution in [2.45, 2.75) is 43.4 Å². The molecule has 5 N–H and O–H groups in total. The van der Waals surface area contributed by atoms with Gasteiger partial charge in [-0.25, -0.2) is 4.79 Å². The smallest absolute Gasteiger partial charge is 0.325 e. The van der Waals surface area contributed by atoms with E-state index in [0.29, 0.717) is 4.90 Å². The summed E-state index contributed by atoms with van der Waals surface area (Å²) in [6.45, 7) is 1.54. The third kappa shape index (κ3) is 2.06. The molecule has 0 aromatic heterocycles. The van der Waals surface area contributed by atoms with Crippen LogP contribution in [0, 0.1) is 0 Å². The van der Waals surface area contributed by atoms with Crippen LogP contribution >= 0.6 is 0 Å². The van der Waals surface area contributed by atoms with Crippen molar-refractivity contribution in [3.8, 4) is 0 Å². The Morgan fingerprint density at radius 3 is 2.60 bits per heavy atom. The van der Waals surface area contributed by atoms with E-state index in [9.17, 15) is 18.7 Å². The number of amides is 2. The van der Waals surface area contributed by atoms with Gasteiger partial charge < -0.3 is 26.0 Å². The number of alkyl halides is 2. The van der Waals surface area contributed by atoms with Crippen molar-refractivity contribution in [3.63, 3.8) is 0 Å². The molecule has 0 bridgehead atoms. The average Bonchev–Trinajstić information content (AvgIpc) is 2.46. The van der Waals surface area contributed by atoms with Crippen molar-refractivity contribution in [1.82, 2.24) is 10.2 Å². The van der Waals surface area contributed by atoms with Crippen molar-refractivity contribution in [3.05, 3.63) is 12.3 Å². The van der Waals surface area contributed by atoms with Gasteiger partial charge in [0.1, 0.15) is 11.8 Å². The molecule has 9 heteroatoms. The number of nitrogens with one attached hydrogen (secondary N) is 1. The minimum atomic E-state index is -3.76. The summed E-state index contributed by atoms with van der Waals surface area (Å²) >= 11 is 0. The SMILES string of the molecule is CC1(N)C=CN([C@@H]2OC(CO)C(C)(O)C2(F)F)C(=O)N1. The zero-order valence-electron chi connectivity index (χ0n) is 11.0. The molecule has 20 heavy (non-hydrogen) atoms. The fourth-order valence-electron chi connectivity index (χ4n) is 2.12. The highest BCUT2D eigenvalue weighted by atomic mass is 19.3. The Bertz CT molecular complexity index is 453. The van der Waals surface area contributed by atoms with Crippen molar-refractivity contribution in [1.29, 1.82) is 0 Å². The van der Waals surface area contributed by atoms with Crippen molar-refractivity contribution in [2.75, 3.05) is 6.61 Å². The van der Waals surface area contributed by atoms with Crippen LogP contribution in [0.4, 0.5) is 13.6 Å². The first-order valence-corrected chi connectivity index (χ1v) is 5.98. The monoisotopic (exact) mass is 293 g/mol. The number of aliphatic hydroxyl groups excluding tert-OH is 1. The molecule has 2 heterocycles. The highest BCUT2D eigenvalue weighted by Gasteiger charge is 2.68. The van der Waals surface area contributed by atoms with E-state index in [1.165, 1.54) is 13.0 Å². The Balaban J connectivity index is 2.33. The summed E-state index contributed by atoms with van der Waals surface area (Å²) in [7, 11) is 0. The largest absolute Gasteiger partial charge is 0.394 e. The fraction of sp³-hybridized carbons (Fsp3) is 0.727. The highest BCUT2D eigenvalue weighted by Crippen LogP contribution is 2.45. The summed E-state index contributed by atoms with van der Waals surface area (Å²) in [6, 6.07) is -0.878. The number of carbonyl (C=O) groups excluding carboxylic acids is 1. The lowest BCUT2D eigenvalue weighted by molar-refractivity contribution is -0.180. The Morgan fingerprint density at radius 1 is 1.55 bits per heavy atom. The van der Waals surface area contributed by atoms with Crippen LogP contribution in [0.1, 0.15) is 13.8 Å². The van der Waals surface area contributed by atoms with Gasteiger partial charge in [-0.05, 0) is 19.9 Å². The lowest BCUT2D eigenvalue weighted by atomic mass is 9.93. The molecule has 2 amide bonds. The lowest BCUT2D eigenvalue weighted by Gasteiger charge is -2.37. The Labute approximate surface area is 114 Å². The molecular weight excluding hydrogens is 276 g/mol. The third-order valence-corrected chi connectivity index (χ3v) is 3.52. The van der Waals surface area contributed by atoms with E-state index in [2.05, 4.69) is 5.32 Å². The fourth-order valence-corrected chi connectivity index (χ4v) is 2.12.